The molecule has 1 N–H and O–H groups in total. The second-order valence-corrected chi connectivity index (χ2v) is 10.4. The molecule has 2 rings (SSSR count). The first kappa shape index (κ1) is 19.3. The Kier molecular flexibility index (Phi) is 4.84. The van der Waals surface area contributed by atoms with Gasteiger partial charge in [0.1, 0.15) is 6.10 Å². The molecule has 5 unspecified atom stereocenters. The predicted octanol–water partition coefficient (Wildman–Crippen LogP) is 4.52. The molecular weight excluding hydrogens is 304 g/mol. The molecular formula is C20H34O4. The van der Waals surface area contributed by atoms with E-state index in [0.717, 1.165) is 25.7 Å². The fourth-order valence-corrected chi connectivity index (χ4v) is 4.68. The van der Waals surface area contributed by atoms with Gasteiger partial charge in [0.15, 0.2) is 0 Å². The lowest BCUT2D eigenvalue weighted by Gasteiger charge is -2.44. The van der Waals surface area contributed by atoms with E-state index >= 15 is 0 Å². The number of carboxylic acids is 1. The average molecular weight is 338 g/mol. The van der Waals surface area contributed by atoms with Crippen LogP contribution >= 0.6 is 0 Å². The summed E-state index contributed by atoms with van der Waals surface area (Å²) in [6.07, 6.45) is 2.98. The van der Waals surface area contributed by atoms with Crippen molar-refractivity contribution in [2.45, 2.75) is 80.3 Å². The van der Waals surface area contributed by atoms with E-state index in [1.165, 1.54) is 0 Å². The third-order valence-electron chi connectivity index (χ3n) is 6.32. The topological polar surface area (TPSA) is 63.6 Å². The Morgan fingerprint density at radius 1 is 1.00 bits per heavy atom. The van der Waals surface area contributed by atoms with Gasteiger partial charge in [-0.2, -0.15) is 0 Å². The van der Waals surface area contributed by atoms with Crippen molar-refractivity contribution in [3.05, 3.63) is 0 Å². The largest absolute Gasteiger partial charge is 0.481 e. The average Bonchev–Trinajstić information content (AvgIpc) is 2.94. The van der Waals surface area contributed by atoms with E-state index < -0.39 is 11.4 Å². The fraction of sp³-hybridized carbons (Fsp3) is 0.900. The summed E-state index contributed by atoms with van der Waals surface area (Å²) in [7, 11) is 0. The summed E-state index contributed by atoms with van der Waals surface area (Å²) >= 11 is 0. The van der Waals surface area contributed by atoms with Gasteiger partial charge in [-0.25, -0.2) is 0 Å². The lowest BCUT2D eigenvalue weighted by Crippen LogP contribution is -2.46. The molecule has 4 nitrogen and oxygen atoms in total. The molecule has 0 radical (unpaired) electrons. The molecule has 138 valence electrons. The number of carbonyl (C=O) groups excluding carboxylic acids is 1. The first-order valence-electron chi connectivity index (χ1n) is 9.18. The van der Waals surface area contributed by atoms with Crippen LogP contribution in [0.4, 0.5) is 0 Å². The summed E-state index contributed by atoms with van der Waals surface area (Å²) in [6.45, 7) is 14.7. The summed E-state index contributed by atoms with van der Waals surface area (Å²) in [6, 6.07) is 0. The smallest absolute Gasteiger partial charge is 0.312 e. The molecule has 2 fully saturated rings. The van der Waals surface area contributed by atoms with E-state index in [1.54, 1.807) is 0 Å². The summed E-state index contributed by atoms with van der Waals surface area (Å²) in [5.74, 6) is -0.846. The summed E-state index contributed by atoms with van der Waals surface area (Å²) in [5.41, 5.74) is -0.799. The molecule has 0 spiro atoms. The maximum atomic E-state index is 13.1. The lowest BCUT2D eigenvalue weighted by atomic mass is 9.61. The SMILES string of the molecule is CC(C)(C)CC(C)(C(=O)OC1CC2CC(C(=O)O)C1C2)C(C)(C)C. The van der Waals surface area contributed by atoms with E-state index in [-0.39, 0.29) is 34.7 Å². The number of esters is 1. The Bertz CT molecular complexity index is 511. The third kappa shape index (κ3) is 3.62. The van der Waals surface area contributed by atoms with Gasteiger partial charge in [-0.3, -0.25) is 9.59 Å². The van der Waals surface area contributed by atoms with Crippen LogP contribution in [0.5, 0.6) is 0 Å². The second kappa shape index (κ2) is 6.03. The van der Waals surface area contributed by atoms with E-state index in [4.69, 9.17) is 4.74 Å². The summed E-state index contributed by atoms with van der Waals surface area (Å²) in [5, 5.41) is 9.39. The highest BCUT2D eigenvalue weighted by Crippen LogP contribution is 2.52. The molecule has 2 aliphatic rings. The number of aliphatic carboxylic acids is 1. The van der Waals surface area contributed by atoms with Gasteiger partial charge in [0.2, 0.25) is 0 Å². The van der Waals surface area contributed by atoms with Gasteiger partial charge < -0.3 is 9.84 Å². The monoisotopic (exact) mass is 338 g/mol. The van der Waals surface area contributed by atoms with Crippen LogP contribution in [0.1, 0.15) is 74.1 Å². The van der Waals surface area contributed by atoms with Crippen molar-refractivity contribution in [3.8, 4) is 0 Å². The molecule has 0 heterocycles. The maximum absolute atomic E-state index is 13.1. The number of hydrogen-bond acceptors (Lipinski definition) is 3. The minimum absolute atomic E-state index is 0.00435. The Hall–Kier alpha value is -1.06. The lowest BCUT2D eigenvalue weighted by molar-refractivity contribution is -0.175. The van der Waals surface area contributed by atoms with E-state index in [9.17, 15) is 14.7 Å². The Morgan fingerprint density at radius 3 is 2.00 bits per heavy atom. The van der Waals surface area contributed by atoms with Crippen LogP contribution in [0.2, 0.25) is 0 Å². The van der Waals surface area contributed by atoms with Crippen molar-refractivity contribution >= 4 is 11.9 Å². The zero-order valence-corrected chi connectivity index (χ0v) is 16.3. The standard InChI is InChI=1S/C20H34O4/c1-18(2,3)11-20(7,19(4,5)6)17(23)24-15-10-12-8-13(15)14(9-12)16(21)22/h12-15H,8-11H2,1-7H3,(H,21,22). The molecule has 0 amide bonds. The number of carbonyl (C=O) groups is 2. The van der Waals surface area contributed by atoms with Gasteiger partial charge in [-0.1, -0.05) is 41.5 Å². The Balaban J connectivity index is 2.16. The highest BCUT2D eigenvalue weighted by molar-refractivity contribution is 5.78. The van der Waals surface area contributed by atoms with Gasteiger partial charge in [0.25, 0.3) is 0 Å². The quantitative estimate of drug-likeness (QED) is 0.766. The fourth-order valence-electron chi connectivity index (χ4n) is 4.68. The van der Waals surface area contributed by atoms with Crippen LogP contribution in [0, 0.1) is 34.0 Å². The number of carboxylic acid groups (broad SMARTS) is 1. The Labute approximate surface area is 146 Å². The molecule has 24 heavy (non-hydrogen) atoms. The highest BCUT2D eigenvalue weighted by Gasteiger charge is 2.54. The van der Waals surface area contributed by atoms with Gasteiger partial charge in [-0.05, 0) is 49.4 Å². The first-order valence-corrected chi connectivity index (χ1v) is 9.18. The van der Waals surface area contributed by atoms with Crippen LogP contribution in [-0.2, 0) is 14.3 Å². The number of hydrogen-bond donors (Lipinski definition) is 1. The van der Waals surface area contributed by atoms with Crippen LogP contribution in [0.3, 0.4) is 0 Å². The van der Waals surface area contributed by atoms with Crippen molar-refractivity contribution in [2.75, 3.05) is 0 Å². The van der Waals surface area contributed by atoms with Crippen LogP contribution in [-0.4, -0.2) is 23.1 Å². The number of rotatable bonds is 4. The van der Waals surface area contributed by atoms with Crippen molar-refractivity contribution in [3.63, 3.8) is 0 Å². The van der Waals surface area contributed by atoms with Crippen LogP contribution < -0.4 is 0 Å². The zero-order chi connectivity index (χ0) is 18.5. The van der Waals surface area contributed by atoms with Gasteiger partial charge in [0, 0.05) is 5.92 Å². The highest BCUT2D eigenvalue weighted by atomic mass is 16.5. The van der Waals surface area contributed by atoms with Gasteiger partial charge in [0.05, 0.1) is 11.3 Å². The molecule has 5 atom stereocenters. The number of fused-ring (bicyclic) bond motifs is 2. The summed E-state index contributed by atoms with van der Waals surface area (Å²) < 4.78 is 5.96. The van der Waals surface area contributed by atoms with Crippen molar-refractivity contribution in [2.24, 2.45) is 34.0 Å². The van der Waals surface area contributed by atoms with Gasteiger partial charge in [-0.15, -0.1) is 0 Å². The molecule has 0 aromatic rings. The van der Waals surface area contributed by atoms with Crippen LogP contribution in [0.25, 0.3) is 0 Å². The molecule has 2 saturated carbocycles. The van der Waals surface area contributed by atoms with Crippen molar-refractivity contribution in [1.82, 2.24) is 0 Å². The molecule has 0 saturated heterocycles. The zero-order valence-electron chi connectivity index (χ0n) is 16.3. The van der Waals surface area contributed by atoms with E-state index in [1.807, 2.05) is 6.92 Å². The molecule has 0 aliphatic heterocycles. The maximum Gasteiger partial charge on any atom is 0.312 e. The normalized spacial score (nSPS) is 32.5. The molecule has 0 aromatic carbocycles. The van der Waals surface area contributed by atoms with E-state index in [0.29, 0.717) is 5.92 Å². The molecule has 2 aliphatic carbocycles. The molecule has 0 aromatic heterocycles. The first-order chi connectivity index (χ1) is 10.7. The van der Waals surface area contributed by atoms with Crippen LogP contribution in [0.15, 0.2) is 0 Å². The van der Waals surface area contributed by atoms with E-state index in [2.05, 4.69) is 41.5 Å². The minimum atomic E-state index is -0.739. The third-order valence-corrected chi connectivity index (χ3v) is 6.32. The molecule has 2 bridgehead atoms. The summed E-state index contributed by atoms with van der Waals surface area (Å²) in [4.78, 5) is 24.6. The second-order valence-electron chi connectivity index (χ2n) is 10.4. The number of ether oxygens (including phenoxy) is 1. The molecule has 4 heteroatoms. The van der Waals surface area contributed by atoms with Crippen molar-refractivity contribution in [1.29, 1.82) is 0 Å². The predicted molar refractivity (Wildman–Crippen MR) is 93.5 cm³/mol. The minimum Gasteiger partial charge on any atom is -0.481 e. The van der Waals surface area contributed by atoms with Gasteiger partial charge >= 0.3 is 11.9 Å². The Morgan fingerprint density at radius 2 is 1.58 bits per heavy atom. The van der Waals surface area contributed by atoms with Crippen molar-refractivity contribution < 1.29 is 19.4 Å².